The fraction of sp³-hybridized carbons (Fsp3) is 1.00. The highest BCUT2D eigenvalue weighted by Crippen LogP contribution is 2.37. The molecule has 1 saturated carbocycles. The van der Waals surface area contributed by atoms with Gasteiger partial charge in [-0.15, -0.1) is 0 Å². The van der Waals surface area contributed by atoms with Gasteiger partial charge < -0.3 is 11.1 Å². The van der Waals surface area contributed by atoms with Gasteiger partial charge in [-0.25, -0.2) is 8.78 Å². The normalized spacial score (nSPS) is 37.2. The maximum atomic E-state index is 12.2. The maximum absolute atomic E-state index is 12.2. The molecule has 0 aromatic rings. The molecule has 0 aromatic carbocycles. The van der Waals surface area contributed by atoms with E-state index in [4.69, 9.17) is 5.73 Å². The van der Waals surface area contributed by atoms with Crippen molar-refractivity contribution in [3.63, 3.8) is 0 Å². The van der Waals surface area contributed by atoms with Gasteiger partial charge in [-0.1, -0.05) is 26.7 Å². The van der Waals surface area contributed by atoms with Crippen LogP contribution < -0.4 is 11.1 Å². The minimum atomic E-state index is -2.29. The lowest BCUT2D eigenvalue weighted by Gasteiger charge is -2.46. The lowest BCUT2D eigenvalue weighted by Crippen LogP contribution is -2.60. The predicted molar refractivity (Wildman–Crippen MR) is 58.0 cm³/mol. The highest BCUT2D eigenvalue weighted by Gasteiger charge is 2.40. The Balaban J connectivity index is 2.64. The van der Waals surface area contributed by atoms with Crippen molar-refractivity contribution in [3.05, 3.63) is 0 Å². The second-order valence-electron chi connectivity index (χ2n) is 4.79. The molecule has 3 atom stereocenters. The first-order chi connectivity index (χ1) is 7.02. The summed E-state index contributed by atoms with van der Waals surface area (Å²) in [5.41, 5.74) is 5.50. The van der Waals surface area contributed by atoms with E-state index in [0.717, 1.165) is 12.8 Å². The largest absolute Gasteiger partial charge is 0.329 e. The van der Waals surface area contributed by atoms with Crippen LogP contribution >= 0.6 is 0 Å². The van der Waals surface area contributed by atoms with Crippen molar-refractivity contribution in [2.75, 3.05) is 13.1 Å². The molecule has 0 heterocycles. The molecule has 0 amide bonds. The van der Waals surface area contributed by atoms with Gasteiger partial charge >= 0.3 is 0 Å². The first-order valence-electron chi connectivity index (χ1n) is 5.75. The van der Waals surface area contributed by atoms with Crippen molar-refractivity contribution in [1.29, 1.82) is 0 Å². The van der Waals surface area contributed by atoms with Crippen molar-refractivity contribution in [2.45, 2.75) is 45.1 Å². The number of alkyl halides is 2. The summed E-state index contributed by atoms with van der Waals surface area (Å²) in [6, 6.07) is 0. The average molecular weight is 220 g/mol. The average Bonchev–Trinajstić information content (AvgIpc) is 2.21. The van der Waals surface area contributed by atoms with Crippen LogP contribution in [0.1, 0.15) is 33.1 Å². The van der Waals surface area contributed by atoms with Gasteiger partial charge in [-0.2, -0.15) is 0 Å². The van der Waals surface area contributed by atoms with Crippen LogP contribution in [0.4, 0.5) is 8.78 Å². The van der Waals surface area contributed by atoms with Gasteiger partial charge in [0.2, 0.25) is 0 Å². The molecule has 90 valence electrons. The molecule has 1 aliphatic carbocycles. The predicted octanol–water partition coefficient (Wildman–Crippen LogP) is 1.99. The van der Waals surface area contributed by atoms with E-state index in [0.29, 0.717) is 18.4 Å². The second-order valence-corrected chi connectivity index (χ2v) is 4.79. The Hall–Kier alpha value is -0.220. The van der Waals surface area contributed by atoms with Gasteiger partial charge in [-0.05, 0) is 18.3 Å². The van der Waals surface area contributed by atoms with E-state index in [1.807, 2.05) is 0 Å². The first-order valence-corrected chi connectivity index (χ1v) is 5.75. The molecule has 1 fully saturated rings. The third kappa shape index (κ3) is 2.88. The van der Waals surface area contributed by atoms with Crippen LogP contribution in [0, 0.1) is 11.8 Å². The van der Waals surface area contributed by atoms with Crippen molar-refractivity contribution >= 4 is 0 Å². The van der Waals surface area contributed by atoms with E-state index < -0.39 is 6.43 Å². The summed E-state index contributed by atoms with van der Waals surface area (Å²) in [5.74, 6) is 0.933. The Morgan fingerprint density at radius 1 is 1.47 bits per heavy atom. The smallest absolute Gasteiger partial charge is 0.250 e. The van der Waals surface area contributed by atoms with Crippen LogP contribution in [0.2, 0.25) is 0 Å². The van der Waals surface area contributed by atoms with Gasteiger partial charge in [0.1, 0.15) is 0 Å². The van der Waals surface area contributed by atoms with E-state index in [2.05, 4.69) is 19.2 Å². The number of nitrogens with two attached hydrogens (primary N) is 1. The number of halogens is 2. The van der Waals surface area contributed by atoms with Crippen LogP contribution in [0.15, 0.2) is 0 Å². The van der Waals surface area contributed by atoms with Gasteiger partial charge in [-0.3, -0.25) is 0 Å². The minimum Gasteiger partial charge on any atom is -0.329 e. The van der Waals surface area contributed by atoms with Crippen LogP contribution in [0.5, 0.6) is 0 Å². The molecule has 2 nitrogen and oxygen atoms in total. The van der Waals surface area contributed by atoms with Crippen LogP contribution in [0.25, 0.3) is 0 Å². The Labute approximate surface area is 90.6 Å². The molecule has 0 bridgehead atoms. The monoisotopic (exact) mass is 220 g/mol. The van der Waals surface area contributed by atoms with E-state index in [-0.39, 0.29) is 12.1 Å². The molecule has 1 rings (SSSR count). The fourth-order valence-electron chi connectivity index (χ4n) is 2.65. The van der Waals surface area contributed by atoms with Crippen LogP contribution in [0.3, 0.4) is 0 Å². The quantitative estimate of drug-likeness (QED) is 0.760. The summed E-state index contributed by atoms with van der Waals surface area (Å²) >= 11 is 0. The zero-order chi connectivity index (χ0) is 11.5. The standard InChI is InChI=1S/C11H22F2N2/c1-8-4-3-5-11(7-14,9(8)2)15-6-10(12)13/h8-10,15H,3-7,14H2,1-2H3. The van der Waals surface area contributed by atoms with Crippen LogP contribution in [-0.4, -0.2) is 25.1 Å². The number of rotatable bonds is 4. The van der Waals surface area contributed by atoms with Gasteiger partial charge in [0.25, 0.3) is 6.43 Å². The van der Waals surface area contributed by atoms with Crippen molar-refractivity contribution in [1.82, 2.24) is 5.32 Å². The van der Waals surface area contributed by atoms with E-state index in [1.165, 1.54) is 6.42 Å². The molecule has 0 aromatic heterocycles. The summed E-state index contributed by atoms with van der Waals surface area (Å²) in [6.07, 6.45) is 0.887. The van der Waals surface area contributed by atoms with Gasteiger partial charge in [0.15, 0.2) is 0 Å². The summed E-state index contributed by atoms with van der Waals surface area (Å²) in [7, 11) is 0. The third-order valence-electron chi connectivity index (χ3n) is 3.98. The SMILES string of the molecule is CC1CCCC(CN)(NCC(F)F)C1C. The fourth-order valence-corrected chi connectivity index (χ4v) is 2.65. The molecule has 0 spiro atoms. The number of nitrogens with one attached hydrogen (secondary N) is 1. The number of hydrogen-bond donors (Lipinski definition) is 2. The van der Waals surface area contributed by atoms with Crippen molar-refractivity contribution in [3.8, 4) is 0 Å². The third-order valence-corrected chi connectivity index (χ3v) is 3.98. The maximum Gasteiger partial charge on any atom is 0.250 e. The molecule has 1 aliphatic rings. The molecule has 15 heavy (non-hydrogen) atoms. The van der Waals surface area contributed by atoms with Gasteiger partial charge in [0.05, 0.1) is 6.54 Å². The molecule has 3 unspecified atom stereocenters. The summed E-state index contributed by atoms with van der Waals surface area (Å²) in [6.45, 7) is 4.51. The Kier molecular flexibility index (Phi) is 4.46. The van der Waals surface area contributed by atoms with Crippen LogP contribution in [-0.2, 0) is 0 Å². The summed E-state index contributed by atoms with van der Waals surface area (Å²) in [5, 5.41) is 2.99. The topological polar surface area (TPSA) is 38.0 Å². The molecule has 0 radical (unpaired) electrons. The first kappa shape index (κ1) is 12.8. The van der Waals surface area contributed by atoms with Crippen molar-refractivity contribution < 1.29 is 8.78 Å². The molecular formula is C11H22F2N2. The highest BCUT2D eigenvalue weighted by molar-refractivity contribution is 4.98. The van der Waals surface area contributed by atoms with Crippen molar-refractivity contribution in [2.24, 2.45) is 17.6 Å². The van der Waals surface area contributed by atoms with E-state index >= 15 is 0 Å². The lowest BCUT2D eigenvalue weighted by molar-refractivity contribution is 0.0760. The minimum absolute atomic E-state index is 0.242. The molecule has 0 aliphatic heterocycles. The van der Waals surface area contributed by atoms with E-state index in [9.17, 15) is 8.78 Å². The zero-order valence-corrected chi connectivity index (χ0v) is 9.60. The zero-order valence-electron chi connectivity index (χ0n) is 9.60. The van der Waals surface area contributed by atoms with Gasteiger partial charge in [0, 0.05) is 12.1 Å². The Morgan fingerprint density at radius 3 is 2.67 bits per heavy atom. The molecular weight excluding hydrogens is 198 g/mol. The second kappa shape index (κ2) is 5.21. The molecule has 0 saturated heterocycles. The summed E-state index contributed by atoms with van der Waals surface area (Å²) in [4.78, 5) is 0. The Morgan fingerprint density at radius 2 is 2.13 bits per heavy atom. The number of hydrogen-bond acceptors (Lipinski definition) is 2. The summed E-state index contributed by atoms with van der Waals surface area (Å²) < 4.78 is 24.4. The molecule has 4 heteroatoms. The highest BCUT2D eigenvalue weighted by atomic mass is 19.3. The Bertz CT molecular complexity index is 199. The van der Waals surface area contributed by atoms with E-state index in [1.54, 1.807) is 0 Å². The molecule has 3 N–H and O–H groups in total. The lowest BCUT2D eigenvalue weighted by atomic mass is 9.68.